The Labute approximate surface area is 148 Å². The molecule has 3 fully saturated rings. The number of aliphatic carboxylic acids is 1. The average Bonchev–Trinajstić information content (AvgIpc) is 2.90. The molecule has 0 bridgehead atoms. The summed E-state index contributed by atoms with van der Waals surface area (Å²) in [6.07, 6.45) is 7.06. The van der Waals surface area contributed by atoms with Gasteiger partial charge in [-0.2, -0.15) is 0 Å². The largest absolute Gasteiger partial charge is 0.481 e. The van der Waals surface area contributed by atoms with E-state index in [0.717, 1.165) is 38.5 Å². The predicted octanol–water partition coefficient (Wildman–Crippen LogP) is 3.62. The van der Waals surface area contributed by atoms with Gasteiger partial charge in [0.15, 0.2) is 5.83 Å². The Hall–Kier alpha value is -1.39. The Bertz CT molecular complexity index is 661. The van der Waals surface area contributed by atoms with Crippen molar-refractivity contribution < 1.29 is 19.1 Å². The number of fused-ring (bicyclic) bond motifs is 5. The summed E-state index contributed by atoms with van der Waals surface area (Å²) in [6.45, 7) is 4.28. The van der Waals surface area contributed by atoms with Crippen LogP contribution in [0.5, 0.6) is 0 Å². The van der Waals surface area contributed by atoms with Crippen molar-refractivity contribution in [2.75, 3.05) is 7.05 Å². The van der Waals surface area contributed by atoms with Crippen molar-refractivity contribution in [2.45, 2.75) is 58.4 Å². The van der Waals surface area contributed by atoms with E-state index in [1.54, 1.807) is 18.0 Å². The van der Waals surface area contributed by atoms with Gasteiger partial charge < -0.3 is 10.0 Å². The molecule has 3 aliphatic carbocycles. The molecule has 4 aliphatic rings. The first-order valence-corrected chi connectivity index (χ1v) is 9.58. The average molecular weight is 349 g/mol. The van der Waals surface area contributed by atoms with Crippen LogP contribution in [0.3, 0.4) is 0 Å². The van der Waals surface area contributed by atoms with Gasteiger partial charge in [0.25, 0.3) is 5.91 Å². The smallest absolute Gasteiger partial charge is 0.307 e. The third kappa shape index (κ3) is 2.10. The number of hydrogen-bond acceptors (Lipinski definition) is 2. The third-order valence-electron chi connectivity index (χ3n) is 8.46. The quantitative estimate of drug-likeness (QED) is 0.786. The molecule has 4 unspecified atom stereocenters. The number of nitrogens with zero attached hydrogens (tertiary/aromatic N) is 1. The zero-order valence-corrected chi connectivity index (χ0v) is 15.3. The molecule has 138 valence electrons. The molecule has 5 heteroatoms. The first-order chi connectivity index (χ1) is 11.7. The second-order valence-corrected chi connectivity index (χ2v) is 9.26. The lowest BCUT2D eigenvalue weighted by Gasteiger charge is -2.60. The van der Waals surface area contributed by atoms with E-state index in [-0.39, 0.29) is 22.8 Å². The number of carboxylic acid groups (broad SMARTS) is 1. The summed E-state index contributed by atoms with van der Waals surface area (Å²) in [5, 5.41) is 9.65. The number of amides is 1. The fraction of sp³-hybridized carbons (Fsp3) is 0.800. The second-order valence-electron chi connectivity index (χ2n) is 9.26. The van der Waals surface area contributed by atoms with Crippen LogP contribution < -0.4 is 0 Å². The van der Waals surface area contributed by atoms with E-state index in [1.807, 2.05) is 0 Å². The first-order valence-electron chi connectivity index (χ1n) is 9.58. The van der Waals surface area contributed by atoms with Gasteiger partial charge in [-0.05, 0) is 67.8 Å². The van der Waals surface area contributed by atoms with E-state index in [9.17, 15) is 19.1 Å². The van der Waals surface area contributed by atoms with Crippen LogP contribution in [0.2, 0.25) is 0 Å². The van der Waals surface area contributed by atoms with Gasteiger partial charge in [-0.25, -0.2) is 4.39 Å². The molecule has 0 saturated heterocycles. The third-order valence-corrected chi connectivity index (χ3v) is 8.46. The molecule has 4 nitrogen and oxygen atoms in total. The summed E-state index contributed by atoms with van der Waals surface area (Å²) >= 11 is 0. The van der Waals surface area contributed by atoms with Crippen molar-refractivity contribution in [3.8, 4) is 0 Å². The molecule has 3 saturated carbocycles. The van der Waals surface area contributed by atoms with E-state index in [4.69, 9.17) is 0 Å². The Kier molecular flexibility index (Phi) is 3.62. The van der Waals surface area contributed by atoms with E-state index in [2.05, 4.69) is 13.8 Å². The zero-order valence-electron chi connectivity index (χ0n) is 15.3. The molecule has 0 aromatic rings. The first kappa shape index (κ1) is 17.0. The van der Waals surface area contributed by atoms with Gasteiger partial charge in [0.2, 0.25) is 0 Å². The summed E-state index contributed by atoms with van der Waals surface area (Å²) < 4.78 is 14.3. The minimum atomic E-state index is -0.655. The van der Waals surface area contributed by atoms with Crippen LogP contribution >= 0.6 is 0 Å². The van der Waals surface area contributed by atoms with E-state index >= 15 is 0 Å². The summed E-state index contributed by atoms with van der Waals surface area (Å²) in [7, 11) is 1.72. The van der Waals surface area contributed by atoms with Gasteiger partial charge in [-0.3, -0.25) is 9.59 Å². The van der Waals surface area contributed by atoms with Crippen molar-refractivity contribution in [3.63, 3.8) is 0 Å². The van der Waals surface area contributed by atoms with Crippen molar-refractivity contribution in [1.29, 1.82) is 0 Å². The molecule has 1 heterocycles. The van der Waals surface area contributed by atoms with Crippen LogP contribution in [0, 0.1) is 34.5 Å². The fourth-order valence-electron chi connectivity index (χ4n) is 7.24. The Morgan fingerprint density at radius 3 is 2.60 bits per heavy atom. The molecule has 0 radical (unpaired) electrons. The number of rotatable bonds is 1. The number of carboxylic acids is 1. The molecule has 1 amide bonds. The van der Waals surface area contributed by atoms with Gasteiger partial charge in [0.1, 0.15) is 0 Å². The second kappa shape index (κ2) is 5.31. The Balaban J connectivity index is 1.70. The van der Waals surface area contributed by atoms with Crippen LogP contribution in [-0.2, 0) is 9.59 Å². The molecule has 0 aromatic carbocycles. The van der Waals surface area contributed by atoms with Gasteiger partial charge in [0, 0.05) is 18.5 Å². The highest BCUT2D eigenvalue weighted by Crippen LogP contribution is 2.65. The maximum absolute atomic E-state index is 14.3. The normalized spacial score (nSPS) is 49.1. The highest BCUT2D eigenvalue weighted by atomic mass is 19.1. The van der Waals surface area contributed by atoms with E-state index < -0.39 is 17.7 Å². The lowest BCUT2D eigenvalue weighted by molar-refractivity contribution is -0.153. The number of likely N-dealkylation sites (N-methyl/N-ethyl adjacent to an activating group) is 1. The lowest BCUT2D eigenvalue weighted by Crippen LogP contribution is -2.60. The van der Waals surface area contributed by atoms with Crippen LogP contribution in [-0.4, -0.2) is 35.0 Å². The maximum Gasteiger partial charge on any atom is 0.307 e. The summed E-state index contributed by atoms with van der Waals surface area (Å²) in [6, 6.07) is 0.0572. The molecular formula is C20H28FNO3. The van der Waals surface area contributed by atoms with Crippen LogP contribution in [0.15, 0.2) is 11.9 Å². The molecule has 0 aromatic heterocycles. The zero-order chi connectivity index (χ0) is 18.1. The maximum atomic E-state index is 14.3. The summed E-state index contributed by atoms with van der Waals surface area (Å²) in [4.78, 5) is 25.4. The molecule has 25 heavy (non-hydrogen) atoms. The molecule has 1 N–H and O–H groups in total. The molecule has 7 atom stereocenters. The number of carbonyl (C=O) groups is 2. The lowest BCUT2D eigenvalue weighted by atomic mass is 9.47. The van der Waals surface area contributed by atoms with Crippen molar-refractivity contribution in [1.82, 2.24) is 4.90 Å². The standard InChI is InChI=1S/C20H28FNO3/c1-19-9-8-13-11(12(19)5-6-14(19)18(24)25)4-7-16-20(13,2)10-15(21)17(23)22(16)3/h10-14,16H,4-9H2,1-3H3,(H,24,25)/t11?,12?,13?,14-,16?,19+,20-/m1/s1. The minimum absolute atomic E-state index is 0.0572. The monoisotopic (exact) mass is 349 g/mol. The highest BCUT2D eigenvalue weighted by Gasteiger charge is 2.62. The molecule has 1 aliphatic heterocycles. The minimum Gasteiger partial charge on any atom is -0.481 e. The predicted molar refractivity (Wildman–Crippen MR) is 91.3 cm³/mol. The SMILES string of the molecule is CN1C(=O)C(F)=C[C@]2(C)C3CC[C@@]4(C)C(CC[C@@H]4C(=O)O)C3CCC12. The fourth-order valence-corrected chi connectivity index (χ4v) is 7.24. The van der Waals surface area contributed by atoms with E-state index in [1.165, 1.54) is 0 Å². The van der Waals surface area contributed by atoms with Gasteiger partial charge >= 0.3 is 5.97 Å². The Morgan fingerprint density at radius 2 is 1.92 bits per heavy atom. The van der Waals surface area contributed by atoms with Gasteiger partial charge in [0.05, 0.1) is 5.92 Å². The molecule has 4 rings (SSSR count). The number of halogens is 1. The summed E-state index contributed by atoms with van der Waals surface area (Å²) in [5.74, 6) is -0.833. The van der Waals surface area contributed by atoms with Gasteiger partial charge in [-0.15, -0.1) is 0 Å². The van der Waals surface area contributed by atoms with Crippen LogP contribution in [0.25, 0.3) is 0 Å². The number of hydrogen-bond donors (Lipinski definition) is 1. The molecule has 0 spiro atoms. The topological polar surface area (TPSA) is 57.6 Å². The van der Waals surface area contributed by atoms with Crippen molar-refractivity contribution >= 4 is 11.9 Å². The highest BCUT2D eigenvalue weighted by molar-refractivity contribution is 5.92. The molecular weight excluding hydrogens is 321 g/mol. The van der Waals surface area contributed by atoms with Crippen molar-refractivity contribution in [2.24, 2.45) is 34.5 Å². The van der Waals surface area contributed by atoms with Crippen molar-refractivity contribution in [3.05, 3.63) is 11.9 Å². The van der Waals surface area contributed by atoms with Crippen LogP contribution in [0.1, 0.15) is 52.4 Å². The summed E-state index contributed by atoms with van der Waals surface area (Å²) in [5.41, 5.74) is -0.465. The number of carbonyl (C=O) groups excluding carboxylic acids is 1. The Morgan fingerprint density at radius 1 is 1.20 bits per heavy atom. The van der Waals surface area contributed by atoms with Gasteiger partial charge in [-0.1, -0.05) is 13.8 Å². The van der Waals surface area contributed by atoms with E-state index in [0.29, 0.717) is 17.8 Å². The van der Waals surface area contributed by atoms with Crippen LogP contribution in [0.4, 0.5) is 4.39 Å².